The number of aromatic nitrogens is 5. The molecule has 1 atom stereocenters. The van der Waals surface area contributed by atoms with E-state index >= 15 is 0 Å². The molecule has 0 N–H and O–H groups in total. The van der Waals surface area contributed by atoms with Gasteiger partial charge in [0.15, 0.2) is 11.5 Å². The van der Waals surface area contributed by atoms with E-state index in [4.69, 9.17) is 14.8 Å². The Balaban J connectivity index is 1.33. The van der Waals surface area contributed by atoms with Gasteiger partial charge in [0.25, 0.3) is 5.91 Å². The molecule has 144 valence electrons. The Hall–Kier alpha value is -3.07. The second kappa shape index (κ2) is 7.16. The van der Waals surface area contributed by atoms with Gasteiger partial charge in [0, 0.05) is 44.5 Å². The number of ether oxygens (including phenoxy) is 1. The van der Waals surface area contributed by atoms with Gasteiger partial charge in [-0.25, -0.2) is 14.5 Å². The Kier molecular flexibility index (Phi) is 4.36. The molecule has 1 amide bonds. The minimum Gasteiger partial charge on any atom is -0.378 e. The van der Waals surface area contributed by atoms with E-state index < -0.39 is 0 Å². The maximum atomic E-state index is 12.6. The first kappa shape index (κ1) is 17.1. The van der Waals surface area contributed by atoms with Crippen molar-refractivity contribution in [1.82, 2.24) is 29.5 Å². The standard InChI is InChI=1S/C19H21N7O2/c27-19(16-11-20-4-5-21-16)25-6-3-14(12-25)18-22-17-2-1-15(13-26(17)23-18)24-7-9-28-10-8-24/h1-2,4-5,11,13-14H,3,6-10,12H2/t14-/m0/s1. The first-order valence-electron chi connectivity index (χ1n) is 9.52. The lowest BCUT2D eigenvalue weighted by atomic mass is 10.1. The molecule has 0 unspecified atom stereocenters. The number of morpholine rings is 1. The summed E-state index contributed by atoms with van der Waals surface area (Å²) < 4.78 is 7.27. The Morgan fingerprint density at radius 3 is 2.86 bits per heavy atom. The number of fused-ring (bicyclic) bond motifs is 1. The number of rotatable bonds is 3. The van der Waals surface area contributed by atoms with Crippen molar-refractivity contribution in [3.8, 4) is 0 Å². The molecule has 3 aromatic rings. The van der Waals surface area contributed by atoms with E-state index in [2.05, 4.69) is 20.9 Å². The fourth-order valence-electron chi connectivity index (χ4n) is 3.80. The predicted octanol–water partition coefficient (Wildman–Crippen LogP) is 0.986. The number of anilines is 1. The van der Waals surface area contributed by atoms with Gasteiger partial charge < -0.3 is 14.5 Å². The second-order valence-corrected chi connectivity index (χ2v) is 7.09. The average Bonchev–Trinajstić information content (AvgIpc) is 3.41. The summed E-state index contributed by atoms with van der Waals surface area (Å²) in [4.78, 5) is 29.5. The van der Waals surface area contributed by atoms with Crippen LogP contribution in [0.5, 0.6) is 0 Å². The number of pyridine rings is 1. The zero-order valence-electron chi connectivity index (χ0n) is 15.4. The van der Waals surface area contributed by atoms with Crippen LogP contribution in [-0.2, 0) is 4.74 Å². The highest BCUT2D eigenvalue weighted by Crippen LogP contribution is 2.27. The van der Waals surface area contributed by atoms with Crippen LogP contribution in [0.3, 0.4) is 0 Å². The maximum absolute atomic E-state index is 12.6. The highest BCUT2D eigenvalue weighted by atomic mass is 16.5. The predicted molar refractivity (Wildman–Crippen MR) is 101 cm³/mol. The Morgan fingerprint density at radius 2 is 2.04 bits per heavy atom. The van der Waals surface area contributed by atoms with Gasteiger partial charge in [-0.15, -0.1) is 0 Å². The number of hydrogen-bond acceptors (Lipinski definition) is 7. The third-order valence-electron chi connectivity index (χ3n) is 5.33. The number of hydrogen-bond donors (Lipinski definition) is 0. The molecule has 2 fully saturated rings. The molecule has 0 spiro atoms. The molecule has 2 saturated heterocycles. The molecular formula is C19H21N7O2. The van der Waals surface area contributed by atoms with Crippen molar-refractivity contribution < 1.29 is 9.53 Å². The van der Waals surface area contributed by atoms with Crippen molar-refractivity contribution in [3.05, 3.63) is 48.4 Å². The lowest BCUT2D eigenvalue weighted by Crippen LogP contribution is -2.36. The lowest BCUT2D eigenvalue weighted by molar-refractivity contribution is 0.0784. The minimum absolute atomic E-state index is 0.0889. The van der Waals surface area contributed by atoms with Gasteiger partial charge in [0.2, 0.25) is 0 Å². The lowest BCUT2D eigenvalue weighted by Gasteiger charge is -2.28. The van der Waals surface area contributed by atoms with E-state index in [1.165, 1.54) is 12.4 Å². The monoisotopic (exact) mass is 379 g/mol. The summed E-state index contributed by atoms with van der Waals surface area (Å²) in [6, 6.07) is 4.08. The summed E-state index contributed by atoms with van der Waals surface area (Å²) in [5.74, 6) is 0.829. The van der Waals surface area contributed by atoms with E-state index in [1.807, 2.05) is 16.8 Å². The number of nitrogens with zero attached hydrogens (tertiary/aromatic N) is 7. The van der Waals surface area contributed by atoms with Gasteiger partial charge in [0.1, 0.15) is 5.69 Å². The summed E-state index contributed by atoms with van der Waals surface area (Å²) in [5.41, 5.74) is 2.32. The highest BCUT2D eigenvalue weighted by molar-refractivity contribution is 5.92. The molecule has 0 aliphatic carbocycles. The molecule has 9 heteroatoms. The van der Waals surface area contributed by atoms with Crippen LogP contribution in [0.1, 0.15) is 28.7 Å². The quantitative estimate of drug-likeness (QED) is 0.670. The summed E-state index contributed by atoms with van der Waals surface area (Å²) in [6.07, 6.45) is 7.48. The van der Waals surface area contributed by atoms with Crippen LogP contribution in [0, 0.1) is 0 Å². The number of likely N-dealkylation sites (tertiary alicyclic amines) is 1. The van der Waals surface area contributed by atoms with Crippen LogP contribution < -0.4 is 4.90 Å². The molecule has 0 saturated carbocycles. The summed E-state index contributed by atoms with van der Waals surface area (Å²) in [6.45, 7) is 4.54. The van der Waals surface area contributed by atoms with Gasteiger partial charge in [-0.05, 0) is 18.6 Å². The van der Waals surface area contributed by atoms with Gasteiger partial charge in [0.05, 0.1) is 31.3 Å². The van der Waals surface area contributed by atoms with Gasteiger partial charge in [-0.1, -0.05) is 0 Å². The normalized spacial score (nSPS) is 20.1. The van der Waals surface area contributed by atoms with Crippen molar-refractivity contribution in [3.63, 3.8) is 0 Å². The van der Waals surface area contributed by atoms with E-state index in [1.54, 1.807) is 11.1 Å². The summed E-state index contributed by atoms with van der Waals surface area (Å²) >= 11 is 0. The third kappa shape index (κ3) is 3.18. The number of amides is 1. The molecule has 9 nitrogen and oxygen atoms in total. The third-order valence-corrected chi connectivity index (χ3v) is 5.33. The van der Waals surface area contributed by atoms with E-state index in [-0.39, 0.29) is 11.8 Å². The zero-order valence-corrected chi connectivity index (χ0v) is 15.4. The maximum Gasteiger partial charge on any atom is 0.274 e. The molecular weight excluding hydrogens is 358 g/mol. The van der Waals surface area contributed by atoms with Crippen LogP contribution >= 0.6 is 0 Å². The zero-order chi connectivity index (χ0) is 18.9. The summed E-state index contributed by atoms with van der Waals surface area (Å²) in [7, 11) is 0. The number of carbonyl (C=O) groups excluding carboxylic acids is 1. The van der Waals surface area contributed by atoms with Crippen LogP contribution in [-0.4, -0.2) is 74.8 Å². The first-order chi connectivity index (χ1) is 13.8. The van der Waals surface area contributed by atoms with Crippen molar-refractivity contribution in [2.24, 2.45) is 0 Å². The highest BCUT2D eigenvalue weighted by Gasteiger charge is 2.31. The molecule has 0 radical (unpaired) electrons. The smallest absolute Gasteiger partial charge is 0.274 e. The topological polar surface area (TPSA) is 88.8 Å². The van der Waals surface area contributed by atoms with E-state index in [9.17, 15) is 4.79 Å². The molecule has 28 heavy (non-hydrogen) atoms. The van der Waals surface area contributed by atoms with Gasteiger partial charge in [-0.2, -0.15) is 5.10 Å². The molecule has 5 heterocycles. The average molecular weight is 379 g/mol. The molecule has 2 aliphatic heterocycles. The molecule has 2 aliphatic rings. The fraction of sp³-hybridized carbons (Fsp3) is 0.421. The van der Waals surface area contributed by atoms with Gasteiger partial charge in [-0.3, -0.25) is 9.78 Å². The van der Waals surface area contributed by atoms with E-state index in [0.717, 1.165) is 49.9 Å². The van der Waals surface area contributed by atoms with Crippen LogP contribution in [0.15, 0.2) is 36.9 Å². The van der Waals surface area contributed by atoms with Crippen LogP contribution in [0.2, 0.25) is 0 Å². The molecule has 0 aromatic carbocycles. The second-order valence-electron chi connectivity index (χ2n) is 7.09. The van der Waals surface area contributed by atoms with Crippen molar-refractivity contribution in [1.29, 1.82) is 0 Å². The Bertz CT molecular complexity index is 984. The first-order valence-corrected chi connectivity index (χ1v) is 9.52. The Morgan fingerprint density at radius 1 is 1.14 bits per heavy atom. The van der Waals surface area contributed by atoms with Gasteiger partial charge >= 0.3 is 0 Å². The largest absolute Gasteiger partial charge is 0.378 e. The summed E-state index contributed by atoms with van der Waals surface area (Å²) in [5, 5.41) is 4.70. The Labute approximate surface area is 162 Å². The number of carbonyl (C=O) groups is 1. The van der Waals surface area contributed by atoms with Crippen LogP contribution in [0.25, 0.3) is 5.65 Å². The van der Waals surface area contributed by atoms with Crippen molar-refractivity contribution in [2.45, 2.75) is 12.3 Å². The van der Waals surface area contributed by atoms with Crippen molar-refractivity contribution >= 4 is 17.2 Å². The SMILES string of the molecule is O=C(c1cnccn1)N1CC[C@H](c2nc3ccc(N4CCOCC4)cn3n2)C1. The molecule has 0 bridgehead atoms. The van der Waals surface area contributed by atoms with Crippen molar-refractivity contribution in [2.75, 3.05) is 44.3 Å². The fourth-order valence-corrected chi connectivity index (χ4v) is 3.80. The minimum atomic E-state index is -0.0889. The van der Waals surface area contributed by atoms with Crippen LogP contribution in [0.4, 0.5) is 5.69 Å². The van der Waals surface area contributed by atoms with E-state index in [0.29, 0.717) is 18.8 Å². The molecule has 5 rings (SSSR count). The molecule has 3 aromatic heterocycles.